The van der Waals surface area contributed by atoms with Crippen LogP contribution in [0.4, 0.5) is 0 Å². The molecule has 0 bridgehead atoms. The average molecular weight is 238 g/mol. The SMILES string of the molecule is CCCCCCC(=O)CC(=O)C1CCCCC1. The minimum absolute atomic E-state index is 0.164. The van der Waals surface area contributed by atoms with Crippen molar-refractivity contribution < 1.29 is 9.59 Å². The smallest absolute Gasteiger partial charge is 0.143 e. The Morgan fingerprint density at radius 1 is 1.00 bits per heavy atom. The molecular weight excluding hydrogens is 212 g/mol. The lowest BCUT2D eigenvalue weighted by atomic mass is 9.84. The highest BCUT2D eigenvalue weighted by molar-refractivity contribution is 6.00. The van der Waals surface area contributed by atoms with Crippen molar-refractivity contribution in [1.82, 2.24) is 0 Å². The van der Waals surface area contributed by atoms with Gasteiger partial charge in [-0.3, -0.25) is 9.59 Å². The summed E-state index contributed by atoms with van der Waals surface area (Å²) in [5.41, 5.74) is 0. The second-order valence-electron chi connectivity index (χ2n) is 5.33. The van der Waals surface area contributed by atoms with Gasteiger partial charge in [-0.05, 0) is 19.3 Å². The number of Topliss-reactive ketones (excluding diaryl/α,β-unsaturated/α-hetero) is 2. The number of hydrogen-bond acceptors (Lipinski definition) is 2. The third kappa shape index (κ3) is 5.99. The molecule has 0 spiro atoms. The van der Waals surface area contributed by atoms with E-state index in [1.165, 1.54) is 32.1 Å². The molecule has 1 fully saturated rings. The monoisotopic (exact) mass is 238 g/mol. The van der Waals surface area contributed by atoms with Gasteiger partial charge in [0.25, 0.3) is 0 Å². The van der Waals surface area contributed by atoms with Crippen LogP contribution < -0.4 is 0 Å². The van der Waals surface area contributed by atoms with Crippen molar-refractivity contribution in [3.8, 4) is 0 Å². The first kappa shape index (κ1) is 14.4. The van der Waals surface area contributed by atoms with E-state index in [-0.39, 0.29) is 23.9 Å². The predicted molar refractivity (Wildman–Crippen MR) is 70.0 cm³/mol. The van der Waals surface area contributed by atoms with Crippen molar-refractivity contribution in [2.24, 2.45) is 5.92 Å². The molecule has 0 N–H and O–H groups in total. The second kappa shape index (κ2) is 8.43. The molecule has 1 aliphatic carbocycles. The van der Waals surface area contributed by atoms with Gasteiger partial charge in [0.05, 0.1) is 6.42 Å². The highest BCUT2D eigenvalue weighted by Crippen LogP contribution is 2.25. The number of hydrogen-bond donors (Lipinski definition) is 0. The molecule has 2 nitrogen and oxygen atoms in total. The summed E-state index contributed by atoms with van der Waals surface area (Å²) < 4.78 is 0. The van der Waals surface area contributed by atoms with Crippen molar-refractivity contribution in [3.05, 3.63) is 0 Å². The van der Waals surface area contributed by atoms with Crippen LogP contribution in [0, 0.1) is 5.92 Å². The van der Waals surface area contributed by atoms with E-state index in [0.29, 0.717) is 6.42 Å². The van der Waals surface area contributed by atoms with Gasteiger partial charge in [0.15, 0.2) is 0 Å². The Balaban J connectivity index is 2.14. The quantitative estimate of drug-likeness (QED) is 0.472. The summed E-state index contributed by atoms with van der Waals surface area (Å²) in [5.74, 6) is 0.574. The zero-order chi connectivity index (χ0) is 12.5. The Labute approximate surface area is 105 Å². The molecule has 1 rings (SSSR count). The molecule has 0 saturated heterocycles. The van der Waals surface area contributed by atoms with Gasteiger partial charge in [-0.2, -0.15) is 0 Å². The van der Waals surface area contributed by atoms with E-state index in [1.807, 2.05) is 0 Å². The molecule has 0 aliphatic heterocycles. The van der Waals surface area contributed by atoms with Crippen LogP contribution in [-0.2, 0) is 9.59 Å². The van der Waals surface area contributed by atoms with E-state index in [1.54, 1.807) is 0 Å². The van der Waals surface area contributed by atoms with Gasteiger partial charge in [0, 0.05) is 12.3 Å². The van der Waals surface area contributed by atoms with E-state index >= 15 is 0 Å². The first-order valence-electron chi connectivity index (χ1n) is 7.28. The van der Waals surface area contributed by atoms with Gasteiger partial charge in [0.1, 0.15) is 11.6 Å². The molecular formula is C15H26O2. The third-order valence-corrected chi connectivity index (χ3v) is 3.74. The van der Waals surface area contributed by atoms with Gasteiger partial charge in [-0.1, -0.05) is 45.4 Å². The maximum atomic E-state index is 11.9. The summed E-state index contributed by atoms with van der Waals surface area (Å²) in [6.07, 6.45) is 10.9. The lowest BCUT2D eigenvalue weighted by Crippen LogP contribution is -2.20. The van der Waals surface area contributed by atoms with E-state index in [4.69, 9.17) is 0 Å². The molecule has 0 heterocycles. The highest BCUT2D eigenvalue weighted by Gasteiger charge is 2.22. The summed E-state index contributed by atoms with van der Waals surface area (Å²) in [4.78, 5) is 23.5. The number of carbonyl (C=O) groups is 2. The summed E-state index contributed by atoms with van der Waals surface area (Å²) in [5, 5.41) is 0. The molecule has 0 atom stereocenters. The summed E-state index contributed by atoms with van der Waals surface area (Å²) in [6, 6.07) is 0. The lowest BCUT2D eigenvalue weighted by Gasteiger charge is -2.19. The Bertz CT molecular complexity index is 239. The van der Waals surface area contributed by atoms with Crippen LogP contribution in [0.2, 0.25) is 0 Å². The Morgan fingerprint density at radius 2 is 1.71 bits per heavy atom. The predicted octanol–water partition coefficient (Wildman–Crippen LogP) is 4.07. The van der Waals surface area contributed by atoms with Gasteiger partial charge in [-0.25, -0.2) is 0 Å². The van der Waals surface area contributed by atoms with E-state index in [0.717, 1.165) is 25.7 Å². The first-order valence-corrected chi connectivity index (χ1v) is 7.28. The molecule has 1 aliphatic rings. The van der Waals surface area contributed by atoms with E-state index in [9.17, 15) is 9.59 Å². The fraction of sp³-hybridized carbons (Fsp3) is 0.867. The number of ketones is 2. The molecule has 98 valence electrons. The van der Waals surface area contributed by atoms with Crippen molar-refractivity contribution in [2.75, 3.05) is 0 Å². The Kier molecular flexibility index (Phi) is 7.14. The molecule has 0 aromatic rings. The highest BCUT2D eigenvalue weighted by atomic mass is 16.1. The fourth-order valence-electron chi connectivity index (χ4n) is 2.60. The Morgan fingerprint density at radius 3 is 2.35 bits per heavy atom. The van der Waals surface area contributed by atoms with Gasteiger partial charge in [0.2, 0.25) is 0 Å². The minimum atomic E-state index is 0.164. The molecule has 0 unspecified atom stereocenters. The van der Waals surface area contributed by atoms with Crippen LogP contribution >= 0.6 is 0 Å². The van der Waals surface area contributed by atoms with Crippen LogP contribution in [-0.4, -0.2) is 11.6 Å². The summed E-state index contributed by atoms with van der Waals surface area (Å²) >= 11 is 0. The van der Waals surface area contributed by atoms with Crippen LogP contribution in [0.15, 0.2) is 0 Å². The van der Waals surface area contributed by atoms with E-state index in [2.05, 4.69) is 6.92 Å². The lowest BCUT2D eigenvalue weighted by molar-refractivity contribution is -0.129. The fourth-order valence-corrected chi connectivity index (χ4v) is 2.60. The van der Waals surface area contributed by atoms with E-state index < -0.39 is 0 Å². The van der Waals surface area contributed by atoms with Crippen LogP contribution in [0.1, 0.15) is 77.6 Å². The van der Waals surface area contributed by atoms with Crippen molar-refractivity contribution in [3.63, 3.8) is 0 Å². The summed E-state index contributed by atoms with van der Waals surface area (Å²) in [7, 11) is 0. The zero-order valence-electron chi connectivity index (χ0n) is 11.2. The number of rotatable bonds is 8. The van der Waals surface area contributed by atoms with Gasteiger partial charge >= 0.3 is 0 Å². The molecule has 0 aromatic heterocycles. The molecule has 0 amide bonds. The molecule has 1 saturated carbocycles. The van der Waals surface area contributed by atoms with Crippen LogP contribution in [0.5, 0.6) is 0 Å². The maximum Gasteiger partial charge on any atom is 0.143 e. The third-order valence-electron chi connectivity index (χ3n) is 3.74. The van der Waals surface area contributed by atoms with Crippen molar-refractivity contribution in [1.29, 1.82) is 0 Å². The van der Waals surface area contributed by atoms with Crippen LogP contribution in [0.25, 0.3) is 0 Å². The topological polar surface area (TPSA) is 34.1 Å². The molecule has 0 radical (unpaired) electrons. The van der Waals surface area contributed by atoms with Gasteiger partial charge in [-0.15, -0.1) is 0 Å². The van der Waals surface area contributed by atoms with Crippen molar-refractivity contribution >= 4 is 11.6 Å². The van der Waals surface area contributed by atoms with Crippen molar-refractivity contribution in [2.45, 2.75) is 77.6 Å². The standard InChI is InChI=1S/C15H26O2/c1-2-3-4-8-11-14(16)12-15(17)13-9-6-5-7-10-13/h13H,2-12H2,1H3. The second-order valence-corrected chi connectivity index (χ2v) is 5.33. The Hall–Kier alpha value is -0.660. The average Bonchev–Trinajstić information content (AvgIpc) is 2.36. The van der Waals surface area contributed by atoms with Crippen LogP contribution in [0.3, 0.4) is 0 Å². The largest absolute Gasteiger partial charge is 0.299 e. The molecule has 2 heteroatoms. The summed E-state index contributed by atoms with van der Waals surface area (Å²) in [6.45, 7) is 2.16. The minimum Gasteiger partial charge on any atom is -0.299 e. The maximum absolute atomic E-state index is 11.9. The normalized spacial score (nSPS) is 17.0. The molecule has 17 heavy (non-hydrogen) atoms. The first-order chi connectivity index (χ1) is 8.24. The molecule has 0 aromatic carbocycles. The zero-order valence-corrected chi connectivity index (χ0v) is 11.2. The van der Waals surface area contributed by atoms with Gasteiger partial charge < -0.3 is 0 Å². The number of carbonyl (C=O) groups excluding carboxylic acids is 2. The number of unbranched alkanes of at least 4 members (excludes halogenated alkanes) is 3.